The van der Waals surface area contributed by atoms with Gasteiger partial charge in [-0.25, -0.2) is 0 Å². The highest BCUT2D eigenvalue weighted by atomic mass is 32.1. The van der Waals surface area contributed by atoms with Gasteiger partial charge in [0.15, 0.2) is 0 Å². The maximum absolute atomic E-state index is 4.27. The van der Waals surface area contributed by atoms with E-state index in [4.69, 9.17) is 0 Å². The van der Waals surface area contributed by atoms with Crippen molar-refractivity contribution >= 4 is 12.6 Å². The first-order valence-corrected chi connectivity index (χ1v) is 4.79. The Morgan fingerprint density at radius 3 is 2.00 bits per heavy atom. The largest absolute Gasteiger partial charge is 0.305 e. The Balaban J connectivity index is 3.73. The first-order valence-electron chi connectivity index (χ1n) is 4.27. The number of rotatable bonds is 4. The lowest BCUT2D eigenvalue weighted by Gasteiger charge is -2.30. The Kier molecular flexibility index (Phi) is 4.49. The summed E-state index contributed by atoms with van der Waals surface area (Å²) in [4.78, 5) is 0. The molecular formula is C9H21NS. The van der Waals surface area contributed by atoms with Gasteiger partial charge in [-0.1, -0.05) is 27.7 Å². The summed E-state index contributed by atoms with van der Waals surface area (Å²) in [6.45, 7) is 12.2. The van der Waals surface area contributed by atoms with Crippen molar-refractivity contribution in [3.63, 3.8) is 0 Å². The first-order chi connectivity index (χ1) is 4.86. The highest BCUT2D eigenvalue weighted by Crippen LogP contribution is 2.24. The molecular weight excluding hydrogens is 154 g/mol. The molecule has 0 rings (SSSR count). The zero-order valence-electron chi connectivity index (χ0n) is 8.31. The molecule has 68 valence electrons. The molecule has 1 unspecified atom stereocenters. The predicted molar refractivity (Wildman–Crippen MR) is 55.1 cm³/mol. The number of hydrogen-bond acceptors (Lipinski definition) is 2. The minimum Gasteiger partial charge on any atom is -0.305 e. The second-order valence-corrected chi connectivity index (χ2v) is 4.97. The first kappa shape index (κ1) is 11.3. The Bertz CT molecular complexity index is 108. The van der Waals surface area contributed by atoms with Crippen LogP contribution in [0.15, 0.2) is 0 Å². The monoisotopic (exact) mass is 175 g/mol. The van der Waals surface area contributed by atoms with Gasteiger partial charge < -0.3 is 5.32 Å². The lowest BCUT2D eigenvalue weighted by molar-refractivity contribution is 0.238. The van der Waals surface area contributed by atoms with Gasteiger partial charge in [0.25, 0.3) is 0 Å². The predicted octanol–water partition coefficient (Wildman–Crippen LogP) is 2.53. The van der Waals surface area contributed by atoms with E-state index >= 15 is 0 Å². The molecule has 0 fully saturated rings. The van der Waals surface area contributed by atoms with E-state index in [0.717, 1.165) is 6.54 Å². The number of hydrogen-bond donors (Lipinski definition) is 2. The van der Waals surface area contributed by atoms with Crippen LogP contribution < -0.4 is 5.32 Å². The maximum atomic E-state index is 4.27. The van der Waals surface area contributed by atoms with Gasteiger partial charge in [-0.3, -0.25) is 0 Å². The third-order valence-corrected chi connectivity index (χ3v) is 2.60. The highest BCUT2D eigenvalue weighted by Gasteiger charge is 2.21. The van der Waals surface area contributed by atoms with Crippen LogP contribution in [0.5, 0.6) is 0 Å². The molecule has 0 saturated heterocycles. The van der Waals surface area contributed by atoms with Gasteiger partial charge in [-0.05, 0) is 18.3 Å². The van der Waals surface area contributed by atoms with E-state index in [2.05, 4.69) is 52.6 Å². The fraction of sp³-hybridized carbons (Fsp3) is 1.00. The molecule has 0 aromatic carbocycles. The number of thiol groups is 1. The third-order valence-electron chi connectivity index (χ3n) is 2.42. The van der Waals surface area contributed by atoms with E-state index in [1.54, 1.807) is 0 Å². The SMILES string of the molecule is CC(S)NCC(C)(C)C(C)C. The normalized spacial score (nSPS) is 15.5. The standard InChI is InChI=1S/C9H21NS/c1-7(2)9(4,5)6-10-8(3)11/h7-8,10-11H,6H2,1-5H3. The van der Waals surface area contributed by atoms with Crippen LogP contribution >= 0.6 is 12.6 Å². The molecule has 0 aromatic rings. The summed E-state index contributed by atoms with van der Waals surface area (Å²) in [5, 5.41) is 3.63. The zero-order valence-corrected chi connectivity index (χ0v) is 9.20. The van der Waals surface area contributed by atoms with Crippen LogP contribution in [0.4, 0.5) is 0 Å². The molecule has 11 heavy (non-hydrogen) atoms. The van der Waals surface area contributed by atoms with Crippen LogP contribution in [-0.4, -0.2) is 11.9 Å². The van der Waals surface area contributed by atoms with Crippen LogP contribution in [0, 0.1) is 11.3 Å². The zero-order chi connectivity index (χ0) is 9.07. The molecule has 1 nitrogen and oxygen atoms in total. The molecule has 0 heterocycles. The second kappa shape index (κ2) is 4.36. The molecule has 0 saturated carbocycles. The van der Waals surface area contributed by atoms with Crippen molar-refractivity contribution in [1.29, 1.82) is 0 Å². The average Bonchev–Trinajstić information content (AvgIpc) is 1.84. The van der Waals surface area contributed by atoms with Crippen molar-refractivity contribution in [3.05, 3.63) is 0 Å². The van der Waals surface area contributed by atoms with Crippen molar-refractivity contribution in [2.24, 2.45) is 11.3 Å². The summed E-state index contributed by atoms with van der Waals surface area (Å²) in [6.07, 6.45) is 0. The Morgan fingerprint density at radius 2 is 1.73 bits per heavy atom. The van der Waals surface area contributed by atoms with Crippen molar-refractivity contribution in [1.82, 2.24) is 5.32 Å². The molecule has 0 amide bonds. The molecule has 0 aromatic heterocycles. The minimum absolute atomic E-state index is 0.299. The van der Waals surface area contributed by atoms with Gasteiger partial charge in [0.2, 0.25) is 0 Å². The minimum atomic E-state index is 0.299. The molecule has 0 spiro atoms. The topological polar surface area (TPSA) is 12.0 Å². The Hall–Kier alpha value is 0.310. The summed E-state index contributed by atoms with van der Waals surface area (Å²) >= 11 is 4.27. The van der Waals surface area contributed by atoms with Crippen LogP contribution in [0.2, 0.25) is 0 Å². The molecule has 1 N–H and O–H groups in total. The van der Waals surface area contributed by atoms with Gasteiger partial charge in [0.1, 0.15) is 0 Å². The molecule has 0 radical (unpaired) electrons. The van der Waals surface area contributed by atoms with Crippen molar-refractivity contribution in [3.8, 4) is 0 Å². The molecule has 0 aliphatic heterocycles. The summed E-state index contributed by atoms with van der Waals surface area (Å²) in [5.74, 6) is 0.710. The highest BCUT2D eigenvalue weighted by molar-refractivity contribution is 7.80. The second-order valence-electron chi connectivity index (χ2n) is 4.20. The number of nitrogens with one attached hydrogen (secondary N) is 1. The van der Waals surface area contributed by atoms with Gasteiger partial charge in [0.05, 0.1) is 0 Å². The average molecular weight is 175 g/mol. The van der Waals surface area contributed by atoms with Gasteiger partial charge in [-0.2, -0.15) is 12.6 Å². The van der Waals surface area contributed by atoms with E-state index in [1.165, 1.54) is 0 Å². The van der Waals surface area contributed by atoms with Gasteiger partial charge >= 0.3 is 0 Å². The van der Waals surface area contributed by atoms with E-state index in [9.17, 15) is 0 Å². The van der Waals surface area contributed by atoms with Crippen LogP contribution in [0.25, 0.3) is 0 Å². The molecule has 1 atom stereocenters. The van der Waals surface area contributed by atoms with Gasteiger partial charge in [-0.15, -0.1) is 0 Å². The summed E-state index contributed by atoms with van der Waals surface area (Å²) in [5.41, 5.74) is 0.372. The Morgan fingerprint density at radius 1 is 1.27 bits per heavy atom. The maximum Gasteiger partial charge on any atom is 0.0473 e. The van der Waals surface area contributed by atoms with E-state index in [1.807, 2.05) is 0 Å². The van der Waals surface area contributed by atoms with Crippen LogP contribution in [-0.2, 0) is 0 Å². The van der Waals surface area contributed by atoms with E-state index in [0.29, 0.717) is 16.7 Å². The van der Waals surface area contributed by atoms with Crippen molar-refractivity contribution < 1.29 is 0 Å². The lowest BCUT2D eigenvalue weighted by Crippen LogP contribution is -2.36. The van der Waals surface area contributed by atoms with E-state index < -0.39 is 0 Å². The smallest absolute Gasteiger partial charge is 0.0473 e. The molecule has 0 aliphatic carbocycles. The third kappa shape index (κ3) is 4.70. The molecule has 0 bridgehead atoms. The fourth-order valence-electron chi connectivity index (χ4n) is 0.615. The summed E-state index contributed by atoms with van der Waals surface area (Å²) in [7, 11) is 0. The summed E-state index contributed by atoms with van der Waals surface area (Å²) < 4.78 is 0. The van der Waals surface area contributed by atoms with Crippen molar-refractivity contribution in [2.45, 2.75) is 40.0 Å². The Labute approximate surface area is 76.4 Å². The van der Waals surface area contributed by atoms with Crippen LogP contribution in [0.3, 0.4) is 0 Å². The lowest BCUT2D eigenvalue weighted by atomic mass is 9.81. The van der Waals surface area contributed by atoms with Gasteiger partial charge in [0, 0.05) is 11.9 Å². The van der Waals surface area contributed by atoms with Crippen LogP contribution in [0.1, 0.15) is 34.6 Å². The molecule has 2 heteroatoms. The molecule has 0 aliphatic rings. The van der Waals surface area contributed by atoms with Crippen molar-refractivity contribution in [2.75, 3.05) is 6.54 Å². The quantitative estimate of drug-likeness (QED) is 0.494. The fourth-order valence-corrected chi connectivity index (χ4v) is 0.706. The summed E-state index contributed by atoms with van der Waals surface area (Å²) in [6, 6.07) is 0. The van der Waals surface area contributed by atoms with E-state index in [-0.39, 0.29) is 0 Å².